The average Bonchev–Trinajstić information content (AvgIpc) is 2.39. The van der Waals surface area contributed by atoms with Gasteiger partial charge in [-0.25, -0.2) is 4.79 Å². The standard InChI is InChI=1S/C16H30N2O2/c1-16(2,3)20-15(19)18-9-6-13(7-10-18)11-14-5-4-8-17-12-14/h13-14,17H,4-12H2,1-3H3. The number of hydrogen-bond donors (Lipinski definition) is 1. The van der Waals surface area contributed by atoms with Crippen molar-refractivity contribution in [2.24, 2.45) is 11.8 Å². The molecule has 0 bridgehead atoms. The fourth-order valence-corrected chi connectivity index (χ4v) is 3.27. The van der Waals surface area contributed by atoms with E-state index in [0.29, 0.717) is 0 Å². The van der Waals surface area contributed by atoms with E-state index in [1.54, 1.807) is 0 Å². The number of nitrogens with one attached hydrogen (secondary N) is 1. The normalized spacial score (nSPS) is 25.6. The molecule has 1 atom stereocenters. The van der Waals surface area contributed by atoms with Crippen molar-refractivity contribution in [3.8, 4) is 0 Å². The molecule has 0 aromatic heterocycles. The molecule has 0 radical (unpaired) electrons. The lowest BCUT2D eigenvalue weighted by atomic mass is 9.84. The molecule has 0 saturated carbocycles. The fourth-order valence-electron chi connectivity index (χ4n) is 3.27. The molecule has 1 N–H and O–H groups in total. The van der Waals surface area contributed by atoms with Gasteiger partial charge in [-0.1, -0.05) is 0 Å². The first-order chi connectivity index (χ1) is 9.44. The van der Waals surface area contributed by atoms with Crippen molar-refractivity contribution in [1.29, 1.82) is 0 Å². The number of likely N-dealkylation sites (tertiary alicyclic amines) is 1. The van der Waals surface area contributed by atoms with E-state index in [4.69, 9.17) is 4.74 Å². The molecular weight excluding hydrogens is 252 g/mol. The van der Waals surface area contributed by atoms with Crippen LogP contribution in [0.3, 0.4) is 0 Å². The van der Waals surface area contributed by atoms with Crippen molar-refractivity contribution in [2.75, 3.05) is 26.2 Å². The lowest BCUT2D eigenvalue weighted by molar-refractivity contribution is 0.0174. The van der Waals surface area contributed by atoms with Crippen molar-refractivity contribution < 1.29 is 9.53 Å². The number of ether oxygens (including phenoxy) is 1. The molecule has 4 heteroatoms. The summed E-state index contributed by atoms with van der Waals surface area (Å²) in [6.07, 6.45) is 6.15. The second-order valence-electron chi connectivity index (χ2n) is 7.36. The van der Waals surface area contributed by atoms with E-state index in [9.17, 15) is 4.79 Å². The van der Waals surface area contributed by atoms with E-state index in [0.717, 1.165) is 37.8 Å². The number of rotatable bonds is 2. The number of piperidine rings is 2. The predicted molar refractivity (Wildman–Crippen MR) is 80.7 cm³/mol. The Morgan fingerprint density at radius 2 is 1.90 bits per heavy atom. The van der Waals surface area contributed by atoms with Crippen LogP contribution in [-0.4, -0.2) is 42.8 Å². The molecule has 0 aliphatic carbocycles. The van der Waals surface area contributed by atoms with Gasteiger partial charge in [0, 0.05) is 13.1 Å². The van der Waals surface area contributed by atoms with Crippen LogP contribution in [0.2, 0.25) is 0 Å². The van der Waals surface area contributed by atoms with Crippen molar-refractivity contribution in [3.63, 3.8) is 0 Å². The average molecular weight is 282 g/mol. The SMILES string of the molecule is CC(C)(C)OC(=O)N1CCC(CC2CCCNC2)CC1. The van der Waals surface area contributed by atoms with E-state index >= 15 is 0 Å². The first-order valence-electron chi connectivity index (χ1n) is 8.13. The van der Waals surface area contributed by atoms with Crippen LogP contribution in [0.15, 0.2) is 0 Å². The van der Waals surface area contributed by atoms with Gasteiger partial charge in [-0.3, -0.25) is 0 Å². The highest BCUT2D eigenvalue weighted by molar-refractivity contribution is 5.68. The summed E-state index contributed by atoms with van der Waals surface area (Å²) < 4.78 is 5.44. The molecule has 1 unspecified atom stereocenters. The summed E-state index contributed by atoms with van der Waals surface area (Å²) in [6.45, 7) is 9.87. The maximum Gasteiger partial charge on any atom is 0.410 e. The number of carbonyl (C=O) groups excluding carboxylic acids is 1. The van der Waals surface area contributed by atoms with Gasteiger partial charge >= 0.3 is 6.09 Å². The van der Waals surface area contributed by atoms with Gasteiger partial charge in [-0.05, 0) is 77.8 Å². The number of nitrogens with zero attached hydrogens (tertiary/aromatic N) is 1. The Morgan fingerprint density at radius 3 is 2.45 bits per heavy atom. The van der Waals surface area contributed by atoms with Crippen molar-refractivity contribution in [1.82, 2.24) is 10.2 Å². The van der Waals surface area contributed by atoms with E-state index in [-0.39, 0.29) is 11.7 Å². The van der Waals surface area contributed by atoms with E-state index in [1.807, 2.05) is 25.7 Å². The van der Waals surface area contributed by atoms with Crippen LogP contribution in [-0.2, 0) is 4.74 Å². The highest BCUT2D eigenvalue weighted by Crippen LogP contribution is 2.27. The van der Waals surface area contributed by atoms with Crippen LogP contribution in [0.25, 0.3) is 0 Å². The zero-order chi connectivity index (χ0) is 14.6. The highest BCUT2D eigenvalue weighted by Gasteiger charge is 2.28. The van der Waals surface area contributed by atoms with Crippen molar-refractivity contribution in [2.45, 2.75) is 58.5 Å². The maximum absolute atomic E-state index is 12.0. The summed E-state index contributed by atoms with van der Waals surface area (Å²) in [4.78, 5) is 13.9. The smallest absolute Gasteiger partial charge is 0.410 e. The summed E-state index contributed by atoms with van der Waals surface area (Å²) in [5, 5.41) is 3.49. The van der Waals surface area contributed by atoms with Gasteiger partial charge < -0.3 is 15.0 Å². The van der Waals surface area contributed by atoms with Gasteiger partial charge in [0.2, 0.25) is 0 Å². The zero-order valence-electron chi connectivity index (χ0n) is 13.3. The summed E-state index contributed by atoms with van der Waals surface area (Å²) in [6, 6.07) is 0. The van der Waals surface area contributed by atoms with Crippen LogP contribution in [0.5, 0.6) is 0 Å². The van der Waals surface area contributed by atoms with Crippen LogP contribution in [0, 0.1) is 11.8 Å². The molecule has 2 fully saturated rings. The molecule has 0 aromatic carbocycles. The largest absolute Gasteiger partial charge is 0.444 e. The Kier molecular flexibility index (Phi) is 5.30. The van der Waals surface area contributed by atoms with Crippen LogP contribution in [0.4, 0.5) is 4.79 Å². The second kappa shape index (κ2) is 6.79. The second-order valence-corrected chi connectivity index (χ2v) is 7.36. The highest BCUT2D eigenvalue weighted by atomic mass is 16.6. The first kappa shape index (κ1) is 15.6. The molecule has 1 amide bonds. The zero-order valence-corrected chi connectivity index (χ0v) is 13.3. The number of carbonyl (C=O) groups is 1. The molecule has 0 aromatic rings. The minimum absolute atomic E-state index is 0.143. The van der Waals surface area contributed by atoms with Gasteiger partial charge in [0.25, 0.3) is 0 Å². The van der Waals surface area contributed by atoms with Gasteiger partial charge in [-0.15, -0.1) is 0 Å². The van der Waals surface area contributed by atoms with Crippen LogP contribution >= 0.6 is 0 Å². The third-order valence-electron chi connectivity index (χ3n) is 4.33. The van der Waals surface area contributed by atoms with Crippen LogP contribution in [0.1, 0.15) is 52.9 Å². The molecule has 2 rings (SSSR count). The van der Waals surface area contributed by atoms with Crippen molar-refractivity contribution >= 4 is 6.09 Å². The maximum atomic E-state index is 12.0. The molecule has 20 heavy (non-hydrogen) atoms. The summed E-state index contributed by atoms with van der Waals surface area (Å²) in [5.41, 5.74) is -0.387. The van der Waals surface area contributed by atoms with E-state index in [2.05, 4.69) is 5.32 Å². The lowest BCUT2D eigenvalue weighted by Gasteiger charge is -2.35. The number of amides is 1. The summed E-state index contributed by atoms with van der Waals surface area (Å²) >= 11 is 0. The van der Waals surface area contributed by atoms with Gasteiger partial charge in [0.1, 0.15) is 5.60 Å². The first-order valence-corrected chi connectivity index (χ1v) is 8.13. The lowest BCUT2D eigenvalue weighted by Crippen LogP contribution is -2.42. The third kappa shape index (κ3) is 4.97. The molecule has 0 spiro atoms. The topological polar surface area (TPSA) is 41.6 Å². The summed E-state index contributed by atoms with van der Waals surface area (Å²) in [7, 11) is 0. The third-order valence-corrected chi connectivity index (χ3v) is 4.33. The van der Waals surface area contributed by atoms with Gasteiger partial charge in [-0.2, -0.15) is 0 Å². The monoisotopic (exact) mass is 282 g/mol. The molecule has 2 heterocycles. The Balaban J connectivity index is 1.70. The van der Waals surface area contributed by atoms with Gasteiger partial charge in [0.05, 0.1) is 0 Å². The fraction of sp³-hybridized carbons (Fsp3) is 0.938. The van der Waals surface area contributed by atoms with E-state index in [1.165, 1.54) is 32.4 Å². The number of hydrogen-bond acceptors (Lipinski definition) is 3. The Labute approximate surface area is 123 Å². The molecule has 2 aliphatic heterocycles. The Hall–Kier alpha value is -0.770. The molecule has 2 saturated heterocycles. The quantitative estimate of drug-likeness (QED) is 0.846. The molecule has 2 aliphatic rings. The Bertz CT molecular complexity index is 311. The van der Waals surface area contributed by atoms with E-state index < -0.39 is 0 Å². The minimum Gasteiger partial charge on any atom is -0.444 e. The Morgan fingerprint density at radius 1 is 1.20 bits per heavy atom. The minimum atomic E-state index is -0.387. The summed E-state index contributed by atoms with van der Waals surface area (Å²) in [5.74, 6) is 1.64. The van der Waals surface area contributed by atoms with Crippen LogP contribution < -0.4 is 5.32 Å². The predicted octanol–water partition coefficient (Wildman–Crippen LogP) is 3.02. The van der Waals surface area contributed by atoms with Crippen molar-refractivity contribution in [3.05, 3.63) is 0 Å². The van der Waals surface area contributed by atoms with Gasteiger partial charge in [0.15, 0.2) is 0 Å². The molecular formula is C16H30N2O2. The molecule has 116 valence electrons. The molecule has 4 nitrogen and oxygen atoms in total.